The fourth-order valence-electron chi connectivity index (χ4n) is 0.988. The molecule has 15 heavy (non-hydrogen) atoms. The van der Waals surface area contributed by atoms with Gasteiger partial charge in [-0.15, -0.1) is 0 Å². The van der Waals surface area contributed by atoms with E-state index in [0.717, 1.165) is 0 Å². The van der Waals surface area contributed by atoms with E-state index in [1.165, 1.54) is 6.92 Å². The molecule has 5 heteroatoms. The molecule has 0 saturated heterocycles. The molecule has 78 valence electrons. The lowest BCUT2D eigenvalue weighted by Crippen LogP contribution is -1.95. The van der Waals surface area contributed by atoms with Gasteiger partial charge in [0.15, 0.2) is 0 Å². The Morgan fingerprint density at radius 1 is 1.27 bits per heavy atom. The number of allylic oxidation sites excluding steroid dienone is 1. The van der Waals surface area contributed by atoms with Gasteiger partial charge in [-0.2, -0.15) is 5.26 Å². The van der Waals surface area contributed by atoms with E-state index in [-0.39, 0.29) is 10.6 Å². The summed E-state index contributed by atoms with van der Waals surface area (Å²) in [6.07, 6.45) is 0. The number of benzene rings is 1. The summed E-state index contributed by atoms with van der Waals surface area (Å²) < 4.78 is 38.9. The summed E-state index contributed by atoms with van der Waals surface area (Å²) in [6.45, 7) is 1.31. The highest BCUT2D eigenvalue weighted by Gasteiger charge is 2.16. The van der Waals surface area contributed by atoms with Crippen molar-refractivity contribution in [3.63, 3.8) is 0 Å². The number of nitriles is 1. The predicted octanol–water partition coefficient (Wildman–Crippen LogP) is 3.60. The second kappa shape index (κ2) is 4.37. The SMILES string of the molecule is C/C(C#N)=C(/Cl)c1c(F)cc(F)cc1F. The first-order valence-corrected chi connectivity index (χ1v) is 4.26. The third kappa shape index (κ3) is 2.31. The van der Waals surface area contributed by atoms with E-state index in [4.69, 9.17) is 16.9 Å². The van der Waals surface area contributed by atoms with Crippen molar-refractivity contribution in [3.8, 4) is 6.07 Å². The minimum atomic E-state index is -1.13. The highest BCUT2D eigenvalue weighted by molar-refractivity contribution is 6.49. The first-order valence-electron chi connectivity index (χ1n) is 3.88. The van der Waals surface area contributed by atoms with Crippen molar-refractivity contribution < 1.29 is 13.2 Å². The van der Waals surface area contributed by atoms with Crippen molar-refractivity contribution in [2.75, 3.05) is 0 Å². The van der Waals surface area contributed by atoms with Gasteiger partial charge in [0.25, 0.3) is 0 Å². The van der Waals surface area contributed by atoms with Gasteiger partial charge in [0, 0.05) is 17.7 Å². The minimum absolute atomic E-state index is 0.0407. The maximum Gasteiger partial charge on any atom is 0.137 e. The summed E-state index contributed by atoms with van der Waals surface area (Å²) in [7, 11) is 0. The first kappa shape index (κ1) is 11.6. The fourth-order valence-corrected chi connectivity index (χ4v) is 1.21. The molecule has 0 radical (unpaired) electrons. The summed E-state index contributed by atoms with van der Waals surface area (Å²) in [5.74, 6) is -3.30. The second-order valence-corrected chi connectivity index (χ2v) is 3.17. The van der Waals surface area contributed by atoms with Crippen molar-refractivity contribution >= 4 is 16.6 Å². The average molecular weight is 232 g/mol. The van der Waals surface area contributed by atoms with Crippen molar-refractivity contribution in [2.24, 2.45) is 0 Å². The zero-order valence-corrected chi connectivity index (χ0v) is 8.37. The molecule has 0 fully saturated rings. The van der Waals surface area contributed by atoms with Crippen LogP contribution >= 0.6 is 11.6 Å². The molecule has 0 spiro atoms. The van der Waals surface area contributed by atoms with Crippen LogP contribution in [0, 0.1) is 28.8 Å². The molecule has 0 aliphatic heterocycles. The summed E-state index contributed by atoms with van der Waals surface area (Å²) >= 11 is 5.57. The summed E-state index contributed by atoms with van der Waals surface area (Å²) in [5, 5.41) is 8.14. The monoisotopic (exact) mass is 231 g/mol. The zero-order chi connectivity index (χ0) is 11.6. The minimum Gasteiger partial charge on any atom is -0.207 e. The first-order chi connectivity index (χ1) is 6.97. The van der Waals surface area contributed by atoms with Gasteiger partial charge in [-0.05, 0) is 6.92 Å². The molecule has 1 nitrogen and oxygen atoms in total. The van der Waals surface area contributed by atoms with Crippen LogP contribution in [0.5, 0.6) is 0 Å². The number of rotatable bonds is 1. The standard InChI is InChI=1S/C10H5ClF3N/c1-5(4-15)10(11)9-7(13)2-6(12)3-8(9)14/h2-3H,1H3/b10-5-. The molecule has 0 aliphatic carbocycles. The Bertz CT molecular complexity index is 451. The molecule has 0 bridgehead atoms. The molecule has 0 aliphatic rings. The molecule has 0 saturated carbocycles. The van der Waals surface area contributed by atoms with Gasteiger partial charge < -0.3 is 0 Å². The second-order valence-electron chi connectivity index (χ2n) is 2.80. The molecule has 0 amide bonds. The molecular formula is C10H5ClF3N. The van der Waals surface area contributed by atoms with Crippen LogP contribution in [-0.2, 0) is 0 Å². The molecule has 0 aromatic heterocycles. The molecule has 0 atom stereocenters. The summed E-state index contributed by atoms with van der Waals surface area (Å²) in [4.78, 5) is 0. The smallest absolute Gasteiger partial charge is 0.137 e. The average Bonchev–Trinajstić information content (AvgIpc) is 2.14. The maximum absolute atomic E-state index is 13.2. The van der Waals surface area contributed by atoms with Crippen LogP contribution in [-0.4, -0.2) is 0 Å². The lowest BCUT2D eigenvalue weighted by molar-refractivity contribution is 0.539. The van der Waals surface area contributed by atoms with Crippen LogP contribution in [0.15, 0.2) is 17.7 Å². The quantitative estimate of drug-likeness (QED) is 0.678. The lowest BCUT2D eigenvalue weighted by Gasteiger charge is -2.04. The van der Waals surface area contributed by atoms with E-state index in [2.05, 4.69) is 0 Å². The van der Waals surface area contributed by atoms with E-state index in [9.17, 15) is 13.2 Å². The summed E-state index contributed by atoms with van der Waals surface area (Å²) in [6, 6.07) is 2.66. The van der Waals surface area contributed by atoms with Gasteiger partial charge in [-0.1, -0.05) is 11.6 Å². The number of hydrogen-bond acceptors (Lipinski definition) is 1. The number of hydrogen-bond donors (Lipinski definition) is 0. The van der Waals surface area contributed by atoms with Gasteiger partial charge in [0.1, 0.15) is 17.5 Å². The van der Waals surface area contributed by atoms with E-state index < -0.39 is 23.0 Å². The van der Waals surface area contributed by atoms with Gasteiger partial charge in [-0.25, -0.2) is 13.2 Å². The third-order valence-corrected chi connectivity index (χ3v) is 2.20. The molecule has 1 aromatic carbocycles. The normalized spacial score (nSPS) is 12.0. The van der Waals surface area contributed by atoms with Crippen molar-refractivity contribution in [1.29, 1.82) is 5.26 Å². The third-order valence-electron chi connectivity index (χ3n) is 1.72. The highest BCUT2D eigenvalue weighted by Crippen LogP contribution is 2.28. The Morgan fingerprint density at radius 2 is 1.73 bits per heavy atom. The van der Waals surface area contributed by atoms with E-state index in [1.807, 2.05) is 0 Å². The highest BCUT2D eigenvalue weighted by atomic mass is 35.5. The van der Waals surface area contributed by atoms with Crippen LogP contribution < -0.4 is 0 Å². The van der Waals surface area contributed by atoms with Crippen LogP contribution in [0.2, 0.25) is 0 Å². The van der Waals surface area contributed by atoms with Gasteiger partial charge in [0.05, 0.1) is 16.7 Å². The Kier molecular flexibility index (Phi) is 3.38. The predicted molar refractivity (Wildman–Crippen MR) is 50.4 cm³/mol. The largest absolute Gasteiger partial charge is 0.207 e. The zero-order valence-electron chi connectivity index (χ0n) is 7.61. The van der Waals surface area contributed by atoms with Gasteiger partial charge in [0.2, 0.25) is 0 Å². The maximum atomic E-state index is 13.2. The van der Waals surface area contributed by atoms with Gasteiger partial charge >= 0.3 is 0 Å². The number of nitrogens with zero attached hydrogens (tertiary/aromatic N) is 1. The topological polar surface area (TPSA) is 23.8 Å². The van der Waals surface area contributed by atoms with E-state index in [0.29, 0.717) is 12.1 Å². The Hall–Kier alpha value is -1.47. The van der Waals surface area contributed by atoms with Crippen molar-refractivity contribution in [2.45, 2.75) is 6.92 Å². The Labute approximate surface area is 89.4 Å². The van der Waals surface area contributed by atoms with E-state index >= 15 is 0 Å². The Morgan fingerprint density at radius 3 is 2.13 bits per heavy atom. The molecule has 0 unspecified atom stereocenters. The van der Waals surface area contributed by atoms with Crippen LogP contribution in [0.1, 0.15) is 12.5 Å². The molecule has 0 N–H and O–H groups in total. The lowest BCUT2D eigenvalue weighted by atomic mass is 10.1. The van der Waals surface area contributed by atoms with Gasteiger partial charge in [-0.3, -0.25) is 0 Å². The summed E-state index contributed by atoms with van der Waals surface area (Å²) in [5.41, 5.74) is -0.627. The molecule has 0 heterocycles. The molecular weight excluding hydrogens is 227 g/mol. The van der Waals surface area contributed by atoms with Crippen molar-refractivity contribution in [1.82, 2.24) is 0 Å². The van der Waals surface area contributed by atoms with Crippen molar-refractivity contribution in [3.05, 3.63) is 40.7 Å². The van der Waals surface area contributed by atoms with Crippen LogP contribution in [0.4, 0.5) is 13.2 Å². The van der Waals surface area contributed by atoms with E-state index in [1.54, 1.807) is 6.07 Å². The Balaban J connectivity index is 3.47. The fraction of sp³-hybridized carbons (Fsp3) is 0.100. The van der Waals surface area contributed by atoms with Crippen LogP contribution in [0.3, 0.4) is 0 Å². The molecule has 1 aromatic rings. The van der Waals surface area contributed by atoms with Crippen LogP contribution in [0.25, 0.3) is 5.03 Å². The molecule has 1 rings (SSSR count). The number of halogens is 4.